The molecular formula is C62H102O37S. The van der Waals surface area contributed by atoms with Gasteiger partial charge >= 0.3 is 0 Å². The summed E-state index contributed by atoms with van der Waals surface area (Å²) in [7, 11) is 12.3. The first-order valence-electron chi connectivity index (χ1n) is 32.6. The molecule has 1 unspecified atom stereocenters. The van der Waals surface area contributed by atoms with Gasteiger partial charge in [0.1, 0.15) is 171 Å². The van der Waals surface area contributed by atoms with Crippen LogP contribution in [0, 0.1) is 6.92 Å². The molecule has 38 heteroatoms. The number of aliphatic hydroxyl groups is 7. The average molecular weight is 1470 g/mol. The number of rotatable bonds is 23. The molecule has 21 aliphatic heterocycles. The molecule has 100 heavy (non-hydrogen) atoms. The fourth-order valence-electron chi connectivity index (χ4n) is 13.9. The molecule has 22 rings (SSSR count). The Hall–Kier alpha value is -2.23. The first-order valence-corrected chi connectivity index (χ1v) is 34.0. The quantitative estimate of drug-likeness (QED) is 0.0505. The molecule has 0 saturated carbocycles. The van der Waals surface area contributed by atoms with Crippen LogP contribution in [0.15, 0.2) is 29.2 Å². The van der Waals surface area contributed by atoms with Crippen molar-refractivity contribution in [3.63, 3.8) is 0 Å². The van der Waals surface area contributed by atoms with Gasteiger partial charge in [-0.2, -0.15) is 8.42 Å². The number of benzene rings is 1. The normalized spacial score (nSPS) is 45.5. The van der Waals surface area contributed by atoms with E-state index in [1.54, 1.807) is 19.1 Å². The predicted octanol–water partition coefficient (Wildman–Crippen LogP) is -5.01. The molecule has 37 nitrogen and oxygen atoms in total. The van der Waals surface area contributed by atoms with E-state index in [0.717, 1.165) is 5.56 Å². The predicted molar refractivity (Wildman–Crippen MR) is 328 cm³/mol. The van der Waals surface area contributed by atoms with Gasteiger partial charge in [0.25, 0.3) is 10.1 Å². The van der Waals surface area contributed by atoms with Crippen molar-refractivity contribution in [2.45, 2.75) is 227 Å². The topological polar surface area (TPSA) is 434 Å². The second-order valence-corrected chi connectivity index (χ2v) is 26.7. The molecule has 35 atom stereocenters. The van der Waals surface area contributed by atoms with Crippen molar-refractivity contribution in [1.29, 1.82) is 0 Å². The second kappa shape index (κ2) is 37.5. The molecule has 21 aliphatic rings. The number of aliphatic hydroxyl groups excluding tert-OH is 7. The van der Waals surface area contributed by atoms with Gasteiger partial charge in [-0.15, -0.1) is 0 Å². The number of hydrogen-bond acceptors (Lipinski definition) is 37. The van der Waals surface area contributed by atoms with Gasteiger partial charge in [0.15, 0.2) is 44.0 Å². The summed E-state index contributed by atoms with van der Waals surface area (Å²) in [4.78, 5) is -0.228. The molecule has 0 aliphatic carbocycles. The van der Waals surface area contributed by atoms with E-state index in [-0.39, 0.29) is 44.5 Å². The van der Waals surface area contributed by atoms with Crippen LogP contribution < -0.4 is 0 Å². The van der Waals surface area contributed by atoms with Gasteiger partial charge in [-0.1, -0.05) is 17.7 Å². The van der Waals surface area contributed by atoms with Crippen molar-refractivity contribution in [2.24, 2.45) is 0 Å². The fourth-order valence-corrected chi connectivity index (χ4v) is 14.8. The highest BCUT2D eigenvalue weighted by atomic mass is 32.2. The molecule has 578 valence electrons. The maximum Gasteiger partial charge on any atom is 0.297 e. The van der Waals surface area contributed by atoms with Crippen LogP contribution >= 0.6 is 0 Å². The summed E-state index contributed by atoms with van der Waals surface area (Å²) in [5, 5.41) is 87.2. The molecule has 7 N–H and O–H groups in total. The van der Waals surface area contributed by atoms with E-state index in [9.17, 15) is 44.2 Å². The van der Waals surface area contributed by atoms with Gasteiger partial charge in [-0.3, -0.25) is 4.18 Å². The Balaban J connectivity index is 1.11. The highest BCUT2D eigenvalue weighted by molar-refractivity contribution is 7.86. The van der Waals surface area contributed by atoms with Crippen LogP contribution in [0.25, 0.3) is 0 Å². The number of aryl methyl sites for hydroxylation is 1. The monoisotopic (exact) mass is 1470 g/mol. The SMILES string of the molecule is COC[C@@H]1O[C@@H]2O[C@H]3[C@H](O)[C@@H](OC)[C@@H](O[C@H]4[C@@H](O)[C@H](OC)C(O[C@H]5[C@H](O)[C@H](OC)[C@@H](O[C@H]6[C@H](O)[C@@H](OC)[C@@H](O[C@H]7[C@H](O)[C@@H](OC)[C@@H](O[C@H]8[C@H](O)[C@@H](OC)[C@@H](O[C@H]1[C@H](O)[C@H]2OC)O[C@H]8COC)O[C@H]7COS(=O)(=O)c1ccc(C)cc1)O[C@@H]6COC)O[C@@H]5COC)O[C@@H]4COC)O[C@H]3COC. The molecule has 0 amide bonds. The largest absolute Gasteiger partial charge is 0.387 e. The van der Waals surface area contributed by atoms with Gasteiger partial charge in [0, 0.05) is 92.4 Å². The van der Waals surface area contributed by atoms with Crippen molar-refractivity contribution >= 4 is 10.1 Å². The molecule has 1 aromatic carbocycles. The third-order valence-electron chi connectivity index (χ3n) is 18.9. The summed E-state index contributed by atoms with van der Waals surface area (Å²) in [6, 6.07) is 5.80. The Bertz CT molecular complexity index is 2660. The van der Waals surface area contributed by atoms with E-state index >= 15 is 0 Å². The van der Waals surface area contributed by atoms with Crippen molar-refractivity contribution in [1.82, 2.24) is 0 Å². The first kappa shape index (κ1) is 81.8. The zero-order chi connectivity index (χ0) is 72.4. The number of methoxy groups -OCH3 is 13. The average Bonchev–Trinajstić information content (AvgIpc) is 0.772. The molecule has 21 heterocycles. The fraction of sp³-hybridized carbons (Fsp3) is 0.903. The lowest BCUT2D eigenvalue weighted by molar-refractivity contribution is -0.400. The third-order valence-corrected chi connectivity index (χ3v) is 20.2. The minimum Gasteiger partial charge on any atom is -0.387 e. The Labute approximate surface area is 579 Å². The van der Waals surface area contributed by atoms with Crippen molar-refractivity contribution < 1.29 is 176 Å². The maximum absolute atomic E-state index is 14.0. The van der Waals surface area contributed by atoms with E-state index in [0.29, 0.717) is 0 Å². The van der Waals surface area contributed by atoms with E-state index in [1.807, 2.05) is 0 Å². The summed E-state index contributed by atoms with van der Waals surface area (Å²) >= 11 is 0. The van der Waals surface area contributed by atoms with Gasteiger partial charge in [-0.25, -0.2) is 0 Å². The standard InChI is InChI=1S/C62H102O37S/c1-26-15-17-27(18-16-26)100(70,71)85-25-34-48-41(69)55(84-14)62(92-34)98-47-33(24-77-7)90-60(53(82-12)40(47)68)96-45-31(22-75-5)88-58(51(80-10)38(45)66)94-43-29(20-73-3)86-56(49(78-8)36(43)64)93-42-28(19-72-2)87-57(50(79-9)35(42)63)95-44-30(21-74-4)89-59(52(81-11)37(44)65)97-46-32(23-76-6)91-61(99-48)54(83-13)39(46)67/h15-18,28-69H,19-25H2,1-14H3/t28-,29+,30-,31+,32-,33+,34+,35-,36+,37+,38+,39+,40+,41+,42-,43-,44-,45-,46-,47-,48-,49-,50+,51-,52+,53-,54-,55-,56-,57?,58-,59-,60-,61-,62-/m1/s1. The number of hydrogen-bond donors (Lipinski definition) is 7. The Kier molecular flexibility index (Phi) is 30.7. The molecule has 14 bridgehead atoms. The summed E-state index contributed by atoms with van der Waals surface area (Å²) in [6.07, 6.45) is -53.2. The lowest BCUT2D eigenvalue weighted by Gasteiger charge is -2.51. The molecule has 21 saturated heterocycles. The zero-order valence-electron chi connectivity index (χ0n) is 58.3. The highest BCUT2D eigenvalue weighted by Crippen LogP contribution is 2.42. The van der Waals surface area contributed by atoms with Crippen LogP contribution in [0.1, 0.15) is 5.56 Å². The minimum atomic E-state index is -4.59. The third kappa shape index (κ3) is 17.8. The van der Waals surface area contributed by atoms with Crippen molar-refractivity contribution in [3.05, 3.63) is 29.8 Å². The highest BCUT2D eigenvalue weighted by Gasteiger charge is 2.61. The lowest BCUT2D eigenvalue weighted by atomic mass is 9.95. The van der Waals surface area contributed by atoms with Gasteiger partial charge < -0.3 is 164 Å². The van der Waals surface area contributed by atoms with Crippen LogP contribution in [0.2, 0.25) is 0 Å². The molecule has 0 spiro atoms. The van der Waals surface area contributed by atoms with Crippen molar-refractivity contribution in [3.8, 4) is 0 Å². The van der Waals surface area contributed by atoms with Crippen LogP contribution in [-0.2, 0) is 142 Å². The Morgan fingerprint density at radius 2 is 0.450 bits per heavy atom. The van der Waals surface area contributed by atoms with Crippen molar-refractivity contribution in [2.75, 3.05) is 139 Å². The zero-order valence-corrected chi connectivity index (χ0v) is 59.1. The number of ether oxygens (including phenoxy) is 27. The second-order valence-electron chi connectivity index (χ2n) is 25.1. The first-order chi connectivity index (χ1) is 48.1. The molecule has 21 fully saturated rings. The Morgan fingerprint density at radius 3 is 0.610 bits per heavy atom. The van der Waals surface area contributed by atoms with Gasteiger partial charge in [0.05, 0.1) is 51.1 Å². The maximum atomic E-state index is 14.0. The summed E-state index contributed by atoms with van der Waals surface area (Å²) in [5.41, 5.74) is 0.752. The molecule has 1 aromatic rings. The van der Waals surface area contributed by atoms with E-state index in [2.05, 4.69) is 0 Å². The lowest BCUT2D eigenvalue weighted by Crippen LogP contribution is -2.69. The molecule has 0 radical (unpaired) electrons. The molecular weight excluding hydrogens is 1370 g/mol. The minimum absolute atomic E-state index is 0.228. The van der Waals surface area contributed by atoms with E-state index in [1.165, 1.54) is 105 Å². The smallest absolute Gasteiger partial charge is 0.297 e. The van der Waals surface area contributed by atoms with E-state index in [4.69, 9.17) is 132 Å². The summed E-state index contributed by atoms with van der Waals surface area (Å²) < 4.78 is 200. The van der Waals surface area contributed by atoms with Crippen LogP contribution in [-0.4, -0.2) is 398 Å². The molecule has 0 aromatic heterocycles. The van der Waals surface area contributed by atoms with Gasteiger partial charge in [-0.05, 0) is 19.1 Å². The Morgan fingerprint density at radius 1 is 0.280 bits per heavy atom. The van der Waals surface area contributed by atoms with Crippen LogP contribution in [0.5, 0.6) is 0 Å². The van der Waals surface area contributed by atoms with Crippen LogP contribution in [0.3, 0.4) is 0 Å². The van der Waals surface area contributed by atoms with Gasteiger partial charge in [0.2, 0.25) is 0 Å². The van der Waals surface area contributed by atoms with E-state index < -0.39 is 232 Å². The van der Waals surface area contributed by atoms with Crippen LogP contribution in [0.4, 0.5) is 0 Å². The summed E-state index contributed by atoms with van der Waals surface area (Å²) in [6.45, 7) is -0.827. The summed E-state index contributed by atoms with van der Waals surface area (Å²) in [5.74, 6) is 0.